The topological polar surface area (TPSA) is 12.0 Å². The zero-order valence-electron chi connectivity index (χ0n) is 11.1. The van der Waals surface area contributed by atoms with Gasteiger partial charge in [0.15, 0.2) is 0 Å². The molecule has 3 heteroatoms. The van der Waals surface area contributed by atoms with Crippen molar-refractivity contribution in [3.05, 3.63) is 67.2 Å². The van der Waals surface area contributed by atoms with Crippen LogP contribution in [0.25, 0.3) is 0 Å². The lowest BCUT2D eigenvalue weighted by atomic mass is 9.95. The summed E-state index contributed by atoms with van der Waals surface area (Å²) in [5.41, 5.74) is 4.00. The first-order valence-electron chi connectivity index (χ1n) is 6.37. The normalized spacial score (nSPS) is 12.4. The Kier molecular flexibility index (Phi) is 5.42. The molecule has 19 heavy (non-hydrogen) atoms. The Morgan fingerprint density at radius 2 is 1.89 bits per heavy atom. The van der Waals surface area contributed by atoms with E-state index in [1.54, 1.807) is 0 Å². The molecule has 1 atom stereocenters. The van der Waals surface area contributed by atoms with E-state index in [0.717, 1.165) is 11.0 Å². The smallest absolute Gasteiger partial charge is 0.0590 e. The summed E-state index contributed by atoms with van der Waals surface area (Å²) < 4.78 is 2.41. The van der Waals surface area contributed by atoms with Crippen LogP contribution < -0.4 is 5.32 Å². The standard InChI is InChI=1S/C16H17BrIN/c1-3-19-16(13-7-5-4-6-11(13)2)14-10-12(17)8-9-15(14)18/h4-10,16,19H,3H2,1-2H3. The molecule has 0 amide bonds. The molecule has 0 spiro atoms. The van der Waals surface area contributed by atoms with Gasteiger partial charge in [-0.15, -0.1) is 0 Å². The second-order valence-corrected chi connectivity index (χ2v) is 6.59. The van der Waals surface area contributed by atoms with E-state index in [-0.39, 0.29) is 6.04 Å². The summed E-state index contributed by atoms with van der Waals surface area (Å²) >= 11 is 5.99. The predicted octanol–water partition coefficient (Wildman–Crippen LogP) is 5.06. The van der Waals surface area contributed by atoms with E-state index in [1.807, 2.05) is 0 Å². The minimum absolute atomic E-state index is 0.246. The summed E-state index contributed by atoms with van der Waals surface area (Å²) in [7, 11) is 0. The monoisotopic (exact) mass is 429 g/mol. The fraction of sp³-hybridized carbons (Fsp3) is 0.250. The highest BCUT2D eigenvalue weighted by molar-refractivity contribution is 14.1. The van der Waals surface area contributed by atoms with Crippen molar-refractivity contribution in [2.45, 2.75) is 19.9 Å². The van der Waals surface area contributed by atoms with Gasteiger partial charge in [0.05, 0.1) is 6.04 Å². The molecule has 0 aliphatic heterocycles. The van der Waals surface area contributed by atoms with Crippen molar-refractivity contribution in [2.75, 3.05) is 6.54 Å². The first kappa shape index (κ1) is 15.0. The number of nitrogens with one attached hydrogen (secondary N) is 1. The Bertz CT molecular complexity index is 568. The number of aryl methyl sites for hydroxylation is 1. The van der Waals surface area contributed by atoms with E-state index in [1.165, 1.54) is 20.3 Å². The van der Waals surface area contributed by atoms with E-state index < -0.39 is 0 Å². The first-order valence-corrected chi connectivity index (χ1v) is 8.24. The lowest BCUT2D eigenvalue weighted by Gasteiger charge is -2.22. The van der Waals surface area contributed by atoms with Gasteiger partial charge in [-0.2, -0.15) is 0 Å². The molecule has 1 nitrogen and oxygen atoms in total. The molecule has 0 bridgehead atoms. The van der Waals surface area contributed by atoms with Crippen LogP contribution in [-0.4, -0.2) is 6.54 Å². The van der Waals surface area contributed by atoms with Crippen LogP contribution in [-0.2, 0) is 0 Å². The van der Waals surface area contributed by atoms with Gasteiger partial charge < -0.3 is 5.32 Å². The van der Waals surface area contributed by atoms with Crippen molar-refractivity contribution in [3.8, 4) is 0 Å². The summed E-state index contributed by atoms with van der Waals surface area (Å²) in [5.74, 6) is 0. The van der Waals surface area contributed by atoms with Crippen LogP contribution in [0.2, 0.25) is 0 Å². The van der Waals surface area contributed by atoms with Gasteiger partial charge in [-0.25, -0.2) is 0 Å². The van der Waals surface area contributed by atoms with Gasteiger partial charge in [0.25, 0.3) is 0 Å². The highest BCUT2D eigenvalue weighted by Crippen LogP contribution is 2.30. The first-order chi connectivity index (χ1) is 9.13. The lowest BCUT2D eigenvalue weighted by Crippen LogP contribution is -2.23. The summed E-state index contributed by atoms with van der Waals surface area (Å²) in [4.78, 5) is 0. The van der Waals surface area contributed by atoms with Gasteiger partial charge in [-0.05, 0) is 70.9 Å². The van der Waals surface area contributed by atoms with Gasteiger partial charge in [0, 0.05) is 8.04 Å². The number of halogens is 2. The highest BCUT2D eigenvalue weighted by Gasteiger charge is 2.17. The fourth-order valence-corrected chi connectivity index (χ4v) is 3.26. The maximum atomic E-state index is 3.60. The minimum Gasteiger partial charge on any atom is -0.306 e. The Hall–Kier alpha value is -0.390. The van der Waals surface area contributed by atoms with Crippen molar-refractivity contribution < 1.29 is 0 Å². The number of benzene rings is 2. The van der Waals surface area contributed by atoms with Crippen molar-refractivity contribution in [3.63, 3.8) is 0 Å². The third-order valence-corrected chi connectivity index (χ3v) is 4.65. The molecule has 0 aromatic heterocycles. The molecule has 0 fully saturated rings. The van der Waals surface area contributed by atoms with Gasteiger partial charge >= 0.3 is 0 Å². The van der Waals surface area contributed by atoms with Crippen molar-refractivity contribution in [1.29, 1.82) is 0 Å². The summed E-state index contributed by atoms with van der Waals surface area (Å²) in [6.45, 7) is 5.27. The third kappa shape index (κ3) is 3.58. The average molecular weight is 430 g/mol. The van der Waals surface area contributed by atoms with Crippen molar-refractivity contribution >= 4 is 38.5 Å². The molecule has 100 valence electrons. The van der Waals surface area contributed by atoms with Crippen molar-refractivity contribution in [2.24, 2.45) is 0 Å². The zero-order chi connectivity index (χ0) is 13.8. The van der Waals surface area contributed by atoms with Crippen LogP contribution in [0.3, 0.4) is 0 Å². The quantitative estimate of drug-likeness (QED) is 0.669. The maximum Gasteiger partial charge on any atom is 0.0590 e. The fourth-order valence-electron chi connectivity index (χ4n) is 2.24. The van der Waals surface area contributed by atoms with Gasteiger partial charge in [-0.1, -0.05) is 47.1 Å². The molecule has 0 heterocycles. The molecule has 0 aliphatic rings. The molecule has 2 aromatic carbocycles. The summed E-state index contributed by atoms with van der Waals surface area (Å²) in [6, 6.07) is 15.3. The lowest BCUT2D eigenvalue weighted by molar-refractivity contribution is 0.625. The number of hydrogen-bond acceptors (Lipinski definition) is 1. The third-order valence-electron chi connectivity index (χ3n) is 3.18. The highest BCUT2D eigenvalue weighted by atomic mass is 127. The second-order valence-electron chi connectivity index (χ2n) is 4.51. The molecule has 0 saturated carbocycles. The average Bonchev–Trinajstić information content (AvgIpc) is 2.40. The summed E-state index contributed by atoms with van der Waals surface area (Å²) in [6.07, 6.45) is 0. The van der Waals surface area contributed by atoms with Crippen LogP contribution in [0.1, 0.15) is 29.7 Å². The van der Waals surface area contributed by atoms with Crippen LogP contribution in [0, 0.1) is 10.5 Å². The van der Waals surface area contributed by atoms with E-state index in [4.69, 9.17) is 0 Å². The van der Waals surface area contributed by atoms with Crippen LogP contribution in [0.15, 0.2) is 46.9 Å². The predicted molar refractivity (Wildman–Crippen MR) is 93.6 cm³/mol. The zero-order valence-corrected chi connectivity index (χ0v) is 14.8. The SMILES string of the molecule is CCNC(c1ccccc1C)c1cc(Br)ccc1I. The minimum atomic E-state index is 0.246. The summed E-state index contributed by atoms with van der Waals surface area (Å²) in [5, 5.41) is 3.60. The molecule has 0 radical (unpaired) electrons. The van der Waals surface area contributed by atoms with E-state index in [2.05, 4.69) is 100 Å². The Balaban J connectivity index is 2.51. The largest absolute Gasteiger partial charge is 0.306 e. The van der Waals surface area contributed by atoms with Gasteiger partial charge in [0.2, 0.25) is 0 Å². The van der Waals surface area contributed by atoms with E-state index >= 15 is 0 Å². The molecule has 0 saturated heterocycles. The number of rotatable bonds is 4. The van der Waals surface area contributed by atoms with Crippen LogP contribution >= 0.6 is 38.5 Å². The van der Waals surface area contributed by atoms with Crippen LogP contribution in [0.5, 0.6) is 0 Å². The molecule has 1 N–H and O–H groups in total. The van der Waals surface area contributed by atoms with Crippen molar-refractivity contribution in [1.82, 2.24) is 5.32 Å². The maximum absolute atomic E-state index is 3.60. The van der Waals surface area contributed by atoms with E-state index in [9.17, 15) is 0 Å². The van der Waals surface area contributed by atoms with Gasteiger partial charge in [0.1, 0.15) is 0 Å². The van der Waals surface area contributed by atoms with E-state index in [0.29, 0.717) is 0 Å². The Morgan fingerprint density at radius 3 is 2.58 bits per heavy atom. The molecule has 0 aliphatic carbocycles. The van der Waals surface area contributed by atoms with Crippen LogP contribution in [0.4, 0.5) is 0 Å². The molecular weight excluding hydrogens is 413 g/mol. The Morgan fingerprint density at radius 1 is 1.16 bits per heavy atom. The Labute approximate surface area is 137 Å². The van der Waals surface area contributed by atoms with Gasteiger partial charge in [-0.3, -0.25) is 0 Å². The number of hydrogen-bond donors (Lipinski definition) is 1. The molecule has 2 rings (SSSR count). The molecular formula is C16H17BrIN. The molecule has 1 unspecified atom stereocenters. The molecule has 2 aromatic rings. The second kappa shape index (κ2) is 6.86.